The molecular formula is C22H28N4O. The van der Waals surface area contributed by atoms with Gasteiger partial charge in [-0.25, -0.2) is 0 Å². The molecule has 1 aromatic heterocycles. The van der Waals surface area contributed by atoms with Gasteiger partial charge in [-0.1, -0.05) is 31.0 Å². The number of aromatic nitrogens is 2. The van der Waals surface area contributed by atoms with E-state index < -0.39 is 0 Å². The minimum Gasteiger partial charge on any atom is -0.369 e. The summed E-state index contributed by atoms with van der Waals surface area (Å²) in [6, 6.07) is 10.5. The third-order valence-corrected chi connectivity index (χ3v) is 5.85. The number of carbonyl (C=O) groups is 1. The average Bonchev–Trinajstić information content (AvgIpc) is 3.17. The van der Waals surface area contributed by atoms with Crippen molar-refractivity contribution in [1.29, 1.82) is 0 Å². The minimum absolute atomic E-state index is 0.241. The van der Waals surface area contributed by atoms with Crippen LogP contribution in [0.5, 0.6) is 0 Å². The van der Waals surface area contributed by atoms with Crippen LogP contribution in [0.1, 0.15) is 31.4 Å². The standard InChI is InChI=1S/C22H28N4O/c27-22(19-6-4-5-7-19)26-13-12-25(21-8-2-1-3-9-21)16-18(17-26)14-20-15-23-10-11-24-20/h1-3,8-11,15,18-19H,4-7,12-14,16-17H2. The Labute approximate surface area is 161 Å². The first-order valence-corrected chi connectivity index (χ1v) is 10.1. The number of anilines is 1. The number of rotatable bonds is 4. The molecule has 1 aromatic carbocycles. The van der Waals surface area contributed by atoms with Crippen LogP contribution in [0.15, 0.2) is 48.9 Å². The lowest BCUT2D eigenvalue weighted by atomic mass is 10.0. The molecule has 0 radical (unpaired) electrons. The highest BCUT2D eigenvalue weighted by atomic mass is 16.2. The Balaban J connectivity index is 1.52. The van der Waals surface area contributed by atoms with E-state index in [0.717, 1.165) is 51.1 Å². The molecule has 1 unspecified atom stereocenters. The zero-order chi connectivity index (χ0) is 18.5. The number of nitrogens with zero attached hydrogens (tertiary/aromatic N) is 4. The molecule has 1 aliphatic heterocycles. The van der Waals surface area contributed by atoms with E-state index in [1.54, 1.807) is 12.4 Å². The van der Waals surface area contributed by atoms with Crippen molar-refractivity contribution in [2.45, 2.75) is 32.1 Å². The van der Waals surface area contributed by atoms with E-state index in [9.17, 15) is 4.79 Å². The first-order chi connectivity index (χ1) is 13.3. The maximum atomic E-state index is 13.1. The van der Waals surface area contributed by atoms with Gasteiger partial charge in [-0.05, 0) is 37.3 Å². The third-order valence-electron chi connectivity index (χ3n) is 5.85. The summed E-state index contributed by atoms with van der Waals surface area (Å²) in [5.41, 5.74) is 2.24. The predicted octanol–water partition coefficient (Wildman–Crippen LogP) is 3.17. The van der Waals surface area contributed by atoms with Gasteiger partial charge in [-0.3, -0.25) is 14.8 Å². The minimum atomic E-state index is 0.241. The van der Waals surface area contributed by atoms with Gasteiger partial charge in [-0.15, -0.1) is 0 Å². The highest BCUT2D eigenvalue weighted by Gasteiger charge is 2.31. The fraction of sp³-hybridized carbons (Fsp3) is 0.500. The van der Waals surface area contributed by atoms with E-state index in [4.69, 9.17) is 0 Å². The topological polar surface area (TPSA) is 49.3 Å². The van der Waals surface area contributed by atoms with Gasteiger partial charge in [0.1, 0.15) is 0 Å². The number of hydrogen-bond acceptors (Lipinski definition) is 4. The van der Waals surface area contributed by atoms with Crippen molar-refractivity contribution in [2.75, 3.05) is 31.1 Å². The van der Waals surface area contributed by atoms with E-state index in [0.29, 0.717) is 11.8 Å². The number of hydrogen-bond donors (Lipinski definition) is 0. The van der Waals surface area contributed by atoms with Gasteiger partial charge < -0.3 is 9.80 Å². The molecular weight excluding hydrogens is 336 g/mol. The van der Waals surface area contributed by atoms with Crippen LogP contribution in [0.4, 0.5) is 5.69 Å². The Morgan fingerprint density at radius 3 is 2.59 bits per heavy atom. The first kappa shape index (κ1) is 18.0. The van der Waals surface area contributed by atoms with E-state index >= 15 is 0 Å². The van der Waals surface area contributed by atoms with Gasteiger partial charge in [0.2, 0.25) is 5.91 Å². The zero-order valence-corrected chi connectivity index (χ0v) is 15.8. The molecule has 142 valence electrons. The summed E-state index contributed by atoms with van der Waals surface area (Å²) in [4.78, 5) is 26.3. The summed E-state index contributed by atoms with van der Waals surface area (Å²) in [5, 5.41) is 0. The average molecular weight is 364 g/mol. The van der Waals surface area contributed by atoms with Crippen molar-refractivity contribution in [3.63, 3.8) is 0 Å². The van der Waals surface area contributed by atoms with Crippen molar-refractivity contribution >= 4 is 11.6 Å². The zero-order valence-electron chi connectivity index (χ0n) is 15.8. The molecule has 1 atom stereocenters. The van der Waals surface area contributed by atoms with Crippen LogP contribution in [0.2, 0.25) is 0 Å². The van der Waals surface area contributed by atoms with Crippen LogP contribution in [0, 0.1) is 11.8 Å². The third kappa shape index (κ3) is 4.46. The Bertz CT molecular complexity index is 730. The maximum Gasteiger partial charge on any atom is 0.225 e. The Kier molecular flexibility index (Phi) is 5.66. The second-order valence-corrected chi connectivity index (χ2v) is 7.81. The predicted molar refractivity (Wildman–Crippen MR) is 106 cm³/mol. The van der Waals surface area contributed by atoms with Crippen molar-refractivity contribution in [2.24, 2.45) is 11.8 Å². The molecule has 5 heteroatoms. The molecule has 2 aliphatic rings. The molecule has 4 rings (SSSR count). The number of carbonyl (C=O) groups excluding carboxylic acids is 1. The van der Waals surface area contributed by atoms with Crippen molar-refractivity contribution in [1.82, 2.24) is 14.9 Å². The number of amides is 1. The molecule has 27 heavy (non-hydrogen) atoms. The lowest BCUT2D eigenvalue weighted by Crippen LogP contribution is -2.39. The van der Waals surface area contributed by atoms with Gasteiger partial charge in [0.25, 0.3) is 0 Å². The Morgan fingerprint density at radius 1 is 1.04 bits per heavy atom. The SMILES string of the molecule is O=C(C1CCCC1)N1CCN(c2ccccc2)CC(Cc2cnccn2)C1. The van der Waals surface area contributed by atoms with Crippen LogP contribution in [-0.2, 0) is 11.2 Å². The molecule has 5 nitrogen and oxygen atoms in total. The van der Waals surface area contributed by atoms with E-state index in [2.05, 4.69) is 44.0 Å². The van der Waals surface area contributed by atoms with E-state index in [-0.39, 0.29) is 5.92 Å². The van der Waals surface area contributed by atoms with Crippen LogP contribution in [0.25, 0.3) is 0 Å². The second kappa shape index (κ2) is 8.51. The lowest BCUT2D eigenvalue weighted by molar-refractivity contribution is -0.135. The van der Waals surface area contributed by atoms with Crippen molar-refractivity contribution in [3.05, 3.63) is 54.6 Å². The highest BCUT2D eigenvalue weighted by Crippen LogP contribution is 2.28. The molecule has 2 fully saturated rings. The summed E-state index contributed by atoms with van der Waals surface area (Å²) in [5.74, 6) is 0.965. The first-order valence-electron chi connectivity index (χ1n) is 10.1. The number of benzene rings is 1. The monoisotopic (exact) mass is 364 g/mol. The van der Waals surface area contributed by atoms with Crippen LogP contribution in [-0.4, -0.2) is 47.0 Å². The summed E-state index contributed by atoms with van der Waals surface area (Å²) >= 11 is 0. The molecule has 1 amide bonds. The van der Waals surface area contributed by atoms with Crippen LogP contribution in [0.3, 0.4) is 0 Å². The lowest BCUT2D eigenvalue weighted by Gasteiger charge is -2.26. The smallest absolute Gasteiger partial charge is 0.225 e. The molecule has 2 aromatic rings. The fourth-order valence-corrected chi connectivity index (χ4v) is 4.47. The van der Waals surface area contributed by atoms with Crippen molar-refractivity contribution in [3.8, 4) is 0 Å². The number of para-hydroxylation sites is 1. The fourth-order valence-electron chi connectivity index (χ4n) is 4.47. The van der Waals surface area contributed by atoms with Crippen molar-refractivity contribution < 1.29 is 4.79 Å². The molecule has 0 spiro atoms. The van der Waals surface area contributed by atoms with E-state index in [1.165, 1.54) is 18.5 Å². The van der Waals surface area contributed by atoms with Gasteiger partial charge in [0, 0.05) is 56.4 Å². The van der Waals surface area contributed by atoms with E-state index in [1.807, 2.05) is 12.3 Å². The molecule has 0 bridgehead atoms. The molecule has 0 N–H and O–H groups in total. The van der Waals surface area contributed by atoms with Crippen LogP contribution >= 0.6 is 0 Å². The molecule has 1 aliphatic carbocycles. The normalized spacial score (nSPS) is 21.3. The summed E-state index contributed by atoms with van der Waals surface area (Å²) < 4.78 is 0. The highest BCUT2D eigenvalue weighted by molar-refractivity contribution is 5.79. The maximum absolute atomic E-state index is 13.1. The summed E-state index contributed by atoms with van der Waals surface area (Å²) in [6.07, 6.45) is 10.7. The Morgan fingerprint density at radius 2 is 1.85 bits per heavy atom. The molecule has 1 saturated carbocycles. The second-order valence-electron chi connectivity index (χ2n) is 7.81. The molecule has 2 heterocycles. The summed E-state index contributed by atoms with van der Waals surface area (Å²) in [7, 11) is 0. The molecule has 1 saturated heterocycles. The summed E-state index contributed by atoms with van der Waals surface area (Å²) in [6.45, 7) is 3.45. The Hall–Kier alpha value is -2.43. The van der Waals surface area contributed by atoms with Gasteiger partial charge >= 0.3 is 0 Å². The van der Waals surface area contributed by atoms with Gasteiger partial charge in [0.05, 0.1) is 5.69 Å². The van der Waals surface area contributed by atoms with Gasteiger partial charge in [0.15, 0.2) is 0 Å². The van der Waals surface area contributed by atoms with Gasteiger partial charge in [-0.2, -0.15) is 0 Å². The quantitative estimate of drug-likeness (QED) is 0.836. The largest absolute Gasteiger partial charge is 0.369 e. The van der Waals surface area contributed by atoms with Crippen LogP contribution < -0.4 is 4.90 Å².